The second kappa shape index (κ2) is 10.6. The summed E-state index contributed by atoms with van der Waals surface area (Å²) in [6.45, 7) is 1.99. The Labute approximate surface area is 173 Å². The molecule has 0 aliphatic carbocycles. The minimum absolute atomic E-state index is 0.0106. The monoisotopic (exact) mass is 394 g/mol. The van der Waals surface area contributed by atoms with Crippen molar-refractivity contribution in [2.75, 3.05) is 26.7 Å². The number of benzene rings is 2. The lowest BCUT2D eigenvalue weighted by Gasteiger charge is -2.31. The minimum atomic E-state index is 0.0106. The topological polar surface area (TPSA) is 58.6 Å². The lowest BCUT2D eigenvalue weighted by atomic mass is 9.95. The first-order valence-electron chi connectivity index (χ1n) is 10.4. The predicted molar refractivity (Wildman–Crippen MR) is 114 cm³/mol. The van der Waals surface area contributed by atoms with Crippen molar-refractivity contribution in [1.29, 1.82) is 0 Å². The SMILES string of the molecule is COc1ccc(CCCCNC(=O)C2CCN(C(=O)c3ccccc3)CC2)cc1. The lowest BCUT2D eigenvalue weighted by molar-refractivity contribution is -0.126. The Morgan fingerprint density at radius 2 is 1.69 bits per heavy atom. The van der Waals surface area contributed by atoms with Gasteiger partial charge in [-0.25, -0.2) is 0 Å². The molecular weight excluding hydrogens is 364 g/mol. The standard InChI is InChI=1S/C24H30N2O3/c1-29-22-12-10-19(11-13-22)7-5-6-16-25-23(27)20-14-17-26(18-15-20)24(28)21-8-3-2-4-9-21/h2-4,8-13,20H,5-7,14-18H2,1H3,(H,25,27). The fraction of sp³-hybridized carbons (Fsp3) is 0.417. The highest BCUT2D eigenvalue weighted by molar-refractivity contribution is 5.94. The summed E-state index contributed by atoms with van der Waals surface area (Å²) < 4.78 is 5.17. The molecule has 2 amide bonds. The van der Waals surface area contributed by atoms with Crippen LogP contribution in [0, 0.1) is 5.92 Å². The first-order valence-corrected chi connectivity index (χ1v) is 10.4. The number of carbonyl (C=O) groups excluding carboxylic acids is 2. The maximum atomic E-state index is 12.5. The Bertz CT molecular complexity index is 782. The lowest BCUT2D eigenvalue weighted by Crippen LogP contribution is -2.43. The maximum Gasteiger partial charge on any atom is 0.253 e. The van der Waals surface area contributed by atoms with Gasteiger partial charge >= 0.3 is 0 Å². The number of rotatable bonds is 8. The summed E-state index contributed by atoms with van der Waals surface area (Å²) >= 11 is 0. The number of nitrogens with one attached hydrogen (secondary N) is 1. The minimum Gasteiger partial charge on any atom is -0.497 e. The first kappa shape index (κ1) is 20.9. The molecule has 1 N–H and O–H groups in total. The van der Waals surface area contributed by atoms with Gasteiger partial charge in [0.15, 0.2) is 0 Å². The fourth-order valence-corrected chi connectivity index (χ4v) is 3.71. The molecular formula is C24H30N2O3. The van der Waals surface area contributed by atoms with Crippen LogP contribution in [0.2, 0.25) is 0 Å². The summed E-state index contributed by atoms with van der Waals surface area (Å²) in [7, 11) is 1.67. The van der Waals surface area contributed by atoms with Crippen molar-refractivity contribution >= 4 is 11.8 Å². The molecule has 154 valence electrons. The summed E-state index contributed by atoms with van der Waals surface area (Å²) in [6.07, 6.45) is 4.46. The summed E-state index contributed by atoms with van der Waals surface area (Å²) in [5, 5.41) is 3.07. The highest BCUT2D eigenvalue weighted by atomic mass is 16.5. The number of amides is 2. The van der Waals surface area contributed by atoms with Crippen LogP contribution in [0.1, 0.15) is 41.6 Å². The van der Waals surface area contributed by atoms with Gasteiger partial charge in [0, 0.05) is 31.1 Å². The van der Waals surface area contributed by atoms with Crippen molar-refractivity contribution in [3.8, 4) is 5.75 Å². The van der Waals surface area contributed by atoms with Crippen LogP contribution in [0.3, 0.4) is 0 Å². The van der Waals surface area contributed by atoms with E-state index in [1.165, 1.54) is 5.56 Å². The fourth-order valence-electron chi connectivity index (χ4n) is 3.71. The Balaban J connectivity index is 1.32. The Hall–Kier alpha value is -2.82. The highest BCUT2D eigenvalue weighted by Gasteiger charge is 2.27. The van der Waals surface area contributed by atoms with Crippen molar-refractivity contribution in [2.45, 2.75) is 32.1 Å². The van der Waals surface area contributed by atoms with Crippen LogP contribution >= 0.6 is 0 Å². The summed E-state index contributed by atoms with van der Waals surface area (Å²) in [5.74, 6) is 1.07. The molecule has 29 heavy (non-hydrogen) atoms. The van der Waals surface area contributed by atoms with E-state index in [0.717, 1.165) is 37.9 Å². The average Bonchev–Trinajstić information content (AvgIpc) is 2.79. The van der Waals surface area contributed by atoms with Gasteiger partial charge in [-0.05, 0) is 61.9 Å². The van der Waals surface area contributed by atoms with Crippen molar-refractivity contribution < 1.29 is 14.3 Å². The van der Waals surface area contributed by atoms with E-state index in [2.05, 4.69) is 17.4 Å². The molecule has 0 aromatic heterocycles. The number of nitrogens with zero attached hydrogens (tertiary/aromatic N) is 1. The van der Waals surface area contributed by atoms with Gasteiger partial charge in [-0.1, -0.05) is 30.3 Å². The zero-order valence-corrected chi connectivity index (χ0v) is 17.1. The molecule has 1 aliphatic rings. The number of piperidine rings is 1. The van der Waals surface area contributed by atoms with Crippen LogP contribution in [0.5, 0.6) is 5.75 Å². The molecule has 2 aromatic rings. The zero-order chi connectivity index (χ0) is 20.5. The third kappa shape index (κ3) is 6.08. The van der Waals surface area contributed by atoms with E-state index < -0.39 is 0 Å². The Kier molecular flexibility index (Phi) is 7.68. The van der Waals surface area contributed by atoms with Crippen molar-refractivity contribution in [3.63, 3.8) is 0 Å². The van der Waals surface area contributed by atoms with Crippen LogP contribution < -0.4 is 10.1 Å². The number of unbranched alkanes of at least 4 members (excludes halogenated alkanes) is 1. The van der Waals surface area contributed by atoms with E-state index >= 15 is 0 Å². The second-order valence-corrected chi connectivity index (χ2v) is 7.53. The number of hydrogen-bond acceptors (Lipinski definition) is 3. The second-order valence-electron chi connectivity index (χ2n) is 7.53. The van der Waals surface area contributed by atoms with Gasteiger partial charge in [-0.3, -0.25) is 9.59 Å². The van der Waals surface area contributed by atoms with E-state index in [-0.39, 0.29) is 17.7 Å². The quantitative estimate of drug-likeness (QED) is 0.695. The van der Waals surface area contributed by atoms with Gasteiger partial charge in [0.25, 0.3) is 5.91 Å². The van der Waals surface area contributed by atoms with Gasteiger partial charge in [-0.15, -0.1) is 0 Å². The molecule has 0 spiro atoms. The molecule has 0 atom stereocenters. The maximum absolute atomic E-state index is 12.5. The number of methoxy groups -OCH3 is 1. The van der Waals surface area contributed by atoms with E-state index in [9.17, 15) is 9.59 Å². The summed E-state index contributed by atoms with van der Waals surface area (Å²) in [4.78, 5) is 26.8. The van der Waals surface area contributed by atoms with E-state index in [1.54, 1.807) is 7.11 Å². The van der Waals surface area contributed by atoms with E-state index in [4.69, 9.17) is 4.74 Å². The van der Waals surface area contributed by atoms with Crippen molar-refractivity contribution in [1.82, 2.24) is 10.2 Å². The zero-order valence-electron chi connectivity index (χ0n) is 17.1. The largest absolute Gasteiger partial charge is 0.497 e. The molecule has 5 heteroatoms. The van der Waals surface area contributed by atoms with Gasteiger partial charge in [0.2, 0.25) is 5.91 Å². The molecule has 0 unspecified atom stereocenters. The summed E-state index contributed by atoms with van der Waals surface area (Å²) in [6, 6.07) is 17.5. The molecule has 0 radical (unpaired) electrons. The van der Waals surface area contributed by atoms with Gasteiger partial charge < -0.3 is 15.0 Å². The molecule has 1 aliphatic heterocycles. The number of aryl methyl sites for hydroxylation is 1. The van der Waals surface area contributed by atoms with Crippen LogP contribution in [0.25, 0.3) is 0 Å². The van der Waals surface area contributed by atoms with Crippen LogP contribution in [-0.2, 0) is 11.2 Å². The summed E-state index contributed by atoms with van der Waals surface area (Å²) in [5.41, 5.74) is 2.00. The number of likely N-dealkylation sites (tertiary alicyclic amines) is 1. The van der Waals surface area contributed by atoms with Crippen LogP contribution in [-0.4, -0.2) is 43.5 Å². The highest BCUT2D eigenvalue weighted by Crippen LogP contribution is 2.19. The predicted octanol–water partition coefficient (Wildman–Crippen LogP) is 3.69. The van der Waals surface area contributed by atoms with Crippen LogP contribution in [0.4, 0.5) is 0 Å². The smallest absolute Gasteiger partial charge is 0.253 e. The number of hydrogen-bond donors (Lipinski definition) is 1. The Morgan fingerprint density at radius 1 is 1.00 bits per heavy atom. The van der Waals surface area contributed by atoms with Gasteiger partial charge in [0.1, 0.15) is 5.75 Å². The number of carbonyl (C=O) groups is 2. The first-order chi connectivity index (χ1) is 14.2. The molecule has 1 saturated heterocycles. The number of ether oxygens (including phenoxy) is 1. The average molecular weight is 395 g/mol. The molecule has 1 heterocycles. The van der Waals surface area contributed by atoms with Gasteiger partial charge in [-0.2, -0.15) is 0 Å². The molecule has 2 aromatic carbocycles. The van der Waals surface area contributed by atoms with Crippen LogP contribution in [0.15, 0.2) is 54.6 Å². The Morgan fingerprint density at radius 3 is 2.34 bits per heavy atom. The third-order valence-corrected chi connectivity index (χ3v) is 5.52. The van der Waals surface area contributed by atoms with E-state index in [1.807, 2.05) is 47.4 Å². The molecule has 1 fully saturated rings. The molecule has 0 bridgehead atoms. The molecule has 0 saturated carbocycles. The van der Waals surface area contributed by atoms with Crippen molar-refractivity contribution in [2.24, 2.45) is 5.92 Å². The van der Waals surface area contributed by atoms with Crippen molar-refractivity contribution in [3.05, 3.63) is 65.7 Å². The van der Waals surface area contributed by atoms with Gasteiger partial charge in [0.05, 0.1) is 7.11 Å². The normalized spacial score (nSPS) is 14.4. The third-order valence-electron chi connectivity index (χ3n) is 5.52. The molecule has 3 rings (SSSR count). The molecule has 5 nitrogen and oxygen atoms in total. The van der Waals surface area contributed by atoms with E-state index in [0.29, 0.717) is 25.2 Å².